The highest BCUT2D eigenvalue weighted by molar-refractivity contribution is 6.21. The van der Waals surface area contributed by atoms with Crippen molar-refractivity contribution in [1.29, 1.82) is 0 Å². The molecule has 0 saturated carbocycles. The molecule has 250 valence electrons. The van der Waals surface area contributed by atoms with Crippen molar-refractivity contribution in [2.45, 2.75) is 63.2 Å². The molecule has 3 amide bonds. The normalized spacial score (nSPS) is 17.0. The maximum Gasteiger partial charge on any atom is 0.261 e. The van der Waals surface area contributed by atoms with Crippen LogP contribution in [-0.2, 0) is 10.2 Å². The summed E-state index contributed by atoms with van der Waals surface area (Å²) in [5.74, 6) is -0.431. The third-order valence-electron chi connectivity index (χ3n) is 10.5. The minimum Gasteiger partial charge on any atom is -0.369 e. The van der Waals surface area contributed by atoms with E-state index < -0.39 is 5.41 Å². The van der Waals surface area contributed by atoms with Crippen molar-refractivity contribution in [3.8, 4) is 0 Å². The van der Waals surface area contributed by atoms with Crippen molar-refractivity contribution in [1.82, 2.24) is 9.80 Å². The number of unbranched alkanes of at least 4 members (excludes halogenated alkanes) is 7. The number of nitrogens with two attached hydrogens (primary N) is 1. The molecule has 5 rings (SSSR count). The van der Waals surface area contributed by atoms with Gasteiger partial charge in [0.1, 0.15) is 5.41 Å². The Morgan fingerprint density at radius 1 is 0.702 bits per heavy atom. The van der Waals surface area contributed by atoms with Crippen molar-refractivity contribution in [3.05, 3.63) is 107 Å². The van der Waals surface area contributed by atoms with Crippen LogP contribution < -0.4 is 5.73 Å². The number of likely N-dealkylation sites (tertiary alicyclic amines) is 1. The second kappa shape index (κ2) is 15.9. The van der Waals surface area contributed by atoms with Gasteiger partial charge >= 0.3 is 0 Å². The van der Waals surface area contributed by atoms with Crippen LogP contribution in [0.15, 0.2) is 84.9 Å². The fourth-order valence-corrected chi connectivity index (χ4v) is 7.78. The number of hydrogen-bond donors (Lipinski definition) is 1. The first-order valence-corrected chi connectivity index (χ1v) is 17.6. The zero-order valence-corrected chi connectivity index (χ0v) is 28.4. The van der Waals surface area contributed by atoms with E-state index in [1.54, 1.807) is 12.1 Å². The minimum absolute atomic E-state index is 0.149. The summed E-state index contributed by atoms with van der Waals surface area (Å²) in [4.78, 5) is 42.6. The van der Waals surface area contributed by atoms with Crippen LogP contribution in [0.1, 0.15) is 89.6 Å². The number of imide groups is 1. The highest BCUT2D eigenvalue weighted by atomic mass is 16.2. The largest absolute Gasteiger partial charge is 0.369 e. The number of carbonyl (C=O) groups excluding carboxylic acids is 3. The monoisotopic (exact) mass is 637 g/mol. The molecule has 0 spiro atoms. The number of primary amides is 1. The number of quaternary nitrogens is 1. The lowest BCUT2D eigenvalue weighted by Gasteiger charge is -2.37. The van der Waals surface area contributed by atoms with E-state index in [9.17, 15) is 14.4 Å². The predicted octanol–water partition coefficient (Wildman–Crippen LogP) is 6.27. The highest BCUT2D eigenvalue weighted by Gasteiger charge is 2.49. The van der Waals surface area contributed by atoms with Crippen LogP contribution in [0.5, 0.6) is 0 Å². The molecule has 0 aromatic heterocycles. The van der Waals surface area contributed by atoms with Crippen molar-refractivity contribution < 1.29 is 18.9 Å². The van der Waals surface area contributed by atoms with Gasteiger partial charge in [-0.25, -0.2) is 0 Å². The molecule has 3 aromatic rings. The van der Waals surface area contributed by atoms with Crippen LogP contribution in [0.25, 0.3) is 0 Å². The highest BCUT2D eigenvalue weighted by Crippen LogP contribution is 2.43. The number of fused-ring (bicyclic) bond motifs is 1. The van der Waals surface area contributed by atoms with Gasteiger partial charge in [-0.05, 0) is 68.0 Å². The molecule has 1 atom stereocenters. The Morgan fingerprint density at radius 3 is 1.72 bits per heavy atom. The van der Waals surface area contributed by atoms with Crippen LogP contribution in [0, 0.1) is 5.92 Å². The summed E-state index contributed by atoms with van der Waals surface area (Å²) < 4.78 is 0.808. The minimum atomic E-state index is -0.816. The standard InChI is InChI=1S/C40H52N4O3/c1-44(2,30-28-43-37(45)35-23-15-16-24-36(35)38(43)46)29-18-8-6-4-3-5-7-17-26-42-27-25-34(31-42)40(39(41)47,32-19-11-9-12-20-32)33-21-13-10-14-22-33/h9-16,19-24,34H,3-8,17-18,25-31H2,1-2H3,(H-,41,47)/p+1. The van der Waals surface area contributed by atoms with E-state index in [0.29, 0.717) is 17.7 Å². The maximum absolute atomic E-state index is 13.3. The number of carbonyl (C=O) groups is 3. The predicted molar refractivity (Wildman–Crippen MR) is 188 cm³/mol. The summed E-state index contributed by atoms with van der Waals surface area (Å²) in [7, 11) is 4.38. The SMILES string of the molecule is C[N+](C)(CCCCCCCCCCN1CCC(C(C(N)=O)(c2ccccc2)c2ccccc2)C1)CCN1C(=O)c2ccccc2C1=O. The maximum atomic E-state index is 13.3. The van der Waals surface area contributed by atoms with Crippen LogP contribution in [0.2, 0.25) is 0 Å². The van der Waals surface area contributed by atoms with Gasteiger partial charge in [-0.15, -0.1) is 0 Å². The van der Waals surface area contributed by atoms with Crippen molar-refractivity contribution in [2.75, 3.05) is 53.4 Å². The van der Waals surface area contributed by atoms with E-state index >= 15 is 0 Å². The first-order valence-electron chi connectivity index (χ1n) is 17.6. The summed E-state index contributed by atoms with van der Waals surface area (Å²) in [5.41, 5.74) is 8.49. The Labute approximate surface area is 281 Å². The quantitative estimate of drug-likeness (QED) is 0.101. The summed E-state index contributed by atoms with van der Waals surface area (Å²) in [5, 5.41) is 0. The van der Waals surface area contributed by atoms with Gasteiger partial charge in [0.25, 0.3) is 11.8 Å². The lowest BCUT2D eigenvalue weighted by atomic mass is 9.64. The molecule has 1 saturated heterocycles. The average molecular weight is 638 g/mol. The Morgan fingerprint density at radius 2 is 1.19 bits per heavy atom. The number of likely N-dealkylation sites (N-methyl/N-ethyl adjacent to an activating group) is 1. The number of benzene rings is 3. The number of nitrogens with zero attached hydrogens (tertiary/aromatic N) is 3. The van der Waals surface area contributed by atoms with Crippen LogP contribution in [0.4, 0.5) is 0 Å². The first-order chi connectivity index (χ1) is 22.7. The molecule has 0 bridgehead atoms. The van der Waals surface area contributed by atoms with Gasteiger partial charge in [-0.3, -0.25) is 19.3 Å². The third-order valence-corrected chi connectivity index (χ3v) is 10.5. The molecular weight excluding hydrogens is 584 g/mol. The Balaban J connectivity index is 0.960. The zero-order chi connectivity index (χ0) is 33.3. The molecule has 2 N–H and O–H groups in total. The smallest absolute Gasteiger partial charge is 0.261 e. The number of rotatable bonds is 18. The summed E-state index contributed by atoms with van der Waals surface area (Å²) in [6, 6.07) is 27.4. The second-order valence-electron chi connectivity index (χ2n) is 14.2. The topological polar surface area (TPSA) is 83.7 Å². The molecular formula is C40H53N4O3+. The Kier molecular flexibility index (Phi) is 11.6. The molecule has 47 heavy (non-hydrogen) atoms. The van der Waals surface area contributed by atoms with Gasteiger partial charge in [0.2, 0.25) is 5.91 Å². The van der Waals surface area contributed by atoms with E-state index in [4.69, 9.17) is 5.73 Å². The van der Waals surface area contributed by atoms with Gasteiger partial charge in [-0.2, -0.15) is 0 Å². The van der Waals surface area contributed by atoms with Crippen molar-refractivity contribution in [2.24, 2.45) is 11.7 Å². The molecule has 0 aliphatic carbocycles. The molecule has 0 radical (unpaired) electrons. The molecule has 2 aliphatic rings. The summed E-state index contributed by atoms with van der Waals surface area (Å²) in [6.07, 6.45) is 10.8. The molecule has 2 heterocycles. The van der Waals surface area contributed by atoms with E-state index in [2.05, 4.69) is 43.3 Å². The molecule has 2 aliphatic heterocycles. The number of amides is 3. The molecule has 3 aromatic carbocycles. The molecule has 1 fully saturated rings. The van der Waals surface area contributed by atoms with Crippen LogP contribution in [0.3, 0.4) is 0 Å². The van der Waals surface area contributed by atoms with Gasteiger partial charge in [0.05, 0.1) is 44.9 Å². The van der Waals surface area contributed by atoms with Crippen molar-refractivity contribution in [3.63, 3.8) is 0 Å². The molecule has 1 unspecified atom stereocenters. The van der Waals surface area contributed by atoms with Crippen LogP contribution in [-0.4, -0.2) is 85.4 Å². The Hall–Kier alpha value is -3.81. The fourth-order valence-electron chi connectivity index (χ4n) is 7.78. The van der Waals surface area contributed by atoms with E-state index in [-0.39, 0.29) is 23.6 Å². The van der Waals surface area contributed by atoms with Gasteiger partial charge in [-0.1, -0.05) is 105 Å². The van der Waals surface area contributed by atoms with Crippen molar-refractivity contribution >= 4 is 17.7 Å². The first kappa shape index (κ1) is 34.5. The zero-order valence-electron chi connectivity index (χ0n) is 28.4. The summed E-state index contributed by atoms with van der Waals surface area (Å²) in [6.45, 7) is 5.25. The number of hydrogen-bond acceptors (Lipinski definition) is 4. The van der Waals surface area contributed by atoms with E-state index in [0.717, 1.165) is 61.2 Å². The molecule has 7 heteroatoms. The fraction of sp³-hybridized carbons (Fsp3) is 0.475. The van der Waals surface area contributed by atoms with Gasteiger partial charge < -0.3 is 15.1 Å². The van der Waals surface area contributed by atoms with Gasteiger partial charge in [0, 0.05) is 6.54 Å². The van der Waals surface area contributed by atoms with Gasteiger partial charge in [0.15, 0.2) is 0 Å². The lowest BCUT2D eigenvalue weighted by Crippen LogP contribution is -2.49. The summed E-state index contributed by atoms with van der Waals surface area (Å²) >= 11 is 0. The second-order valence-corrected chi connectivity index (χ2v) is 14.2. The Bertz CT molecular complexity index is 1420. The van der Waals surface area contributed by atoms with Crippen LogP contribution >= 0.6 is 0 Å². The lowest BCUT2D eigenvalue weighted by molar-refractivity contribution is -0.889. The third kappa shape index (κ3) is 8.02. The average Bonchev–Trinajstić information content (AvgIpc) is 3.64. The van der Waals surface area contributed by atoms with E-state index in [1.165, 1.54) is 49.8 Å². The molecule has 7 nitrogen and oxygen atoms in total. The van der Waals surface area contributed by atoms with E-state index in [1.807, 2.05) is 48.5 Å².